The highest BCUT2D eigenvalue weighted by Crippen LogP contribution is 2.14. The normalized spacial score (nSPS) is 9.38. The van der Waals surface area contributed by atoms with Gasteiger partial charge in [-0.2, -0.15) is 0 Å². The van der Waals surface area contributed by atoms with E-state index in [0.29, 0.717) is 17.1 Å². The van der Waals surface area contributed by atoms with E-state index >= 15 is 0 Å². The summed E-state index contributed by atoms with van der Waals surface area (Å²) in [4.78, 5) is 8.40. The number of aromatic nitrogens is 2. The van der Waals surface area contributed by atoms with E-state index in [1.165, 1.54) is 0 Å². The average molecular weight is 176 g/mol. The molecule has 0 saturated carbocycles. The Kier molecular flexibility index (Phi) is 2.80. The summed E-state index contributed by atoms with van der Waals surface area (Å²) in [5.74, 6) is 0.506. The third-order valence-corrected chi connectivity index (χ3v) is 1.63. The predicted octanol–water partition coefficient (Wildman–Crippen LogP) is 2.05. The van der Waals surface area contributed by atoms with Crippen LogP contribution < -0.4 is 0 Å². The topological polar surface area (TPSA) is 35.0 Å². The quantitative estimate of drug-likeness (QED) is 0.661. The minimum Gasteiger partial charge on any atom is -0.495 e. The summed E-state index contributed by atoms with van der Waals surface area (Å²) < 4.78 is 4.99. The van der Waals surface area contributed by atoms with Crippen LogP contribution >= 0.6 is 0 Å². The number of aryl methyl sites for hydroxylation is 1. The van der Waals surface area contributed by atoms with E-state index in [2.05, 4.69) is 23.1 Å². The molecule has 0 atom stereocenters. The van der Waals surface area contributed by atoms with Crippen molar-refractivity contribution < 1.29 is 4.74 Å². The van der Waals surface area contributed by atoms with Gasteiger partial charge in [0.2, 0.25) is 0 Å². The molecule has 0 N–H and O–H groups in total. The van der Waals surface area contributed by atoms with Crippen LogP contribution in [0.3, 0.4) is 0 Å². The highest BCUT2D eigenvalue weighted by atomic mass is 16.5. The molecule has 0 aromatic carbocycles. The van der Waals surface area contributed by atoms with E-state index in [4.69, 9.17) is 4.74 Å². The lowest BCUT2D eigenvalue weighted by atomic mass is 10.2. The molecule has 68 valence electrons. The molecule has 1 aromatic heterocycles. The molecule has 0 aliphatic carbocycles. The van der Waals surface area contributed by atoms with Gasteiger partial charge in [-0.25, -0.2) is 4.98 Å². The summed E-state index contributed by atoms with van der Waals surface area (Å²) in [6, 6.07) is 0. The van der Waals surface area contributed by atoms with E-state index in [0.717, 1.165) is 5.69 Å². The van der Waals surface area contributed by atoms with Gasteiger partial charge in [0, 0.05) is 6.20 Å². The van der Waals surface area contributed by atoms with Gasteiger partial charge in [0.25, 0.3) is 0 Å². The van der Waals surface area contributed by atoms with Crippen LogP contribution in [0.25, 0.3) is 11.8 Å². The summed E-state index contributed by atoms with van der Waals surface area (Å²) in [7, 11) is 1.55. The predicted molar refractivity (Wildman–Crippen MR) is 52.9 cm³/mol. The van der Waals surface area contributed by atoms with Gasteiger partial charge >= 0.3 is 0 Å². The molecule has 1 aromatic rings. The zero-order chi connectivity index (χ0) is 9.84. The minimum absolute atomic E-state index is 0.506. The Morgan fingerprint density at radius 1 is 1.62 bits per heavy atom. The lowest BCUT2D eigenvalue weighted by molar-refractivity contribution is 0.369. The first-order chi connectivity index (χ1) is 6.19. The van der Waals surface area contributed by atoms with Crippen LogP contribution in [0.5, 0.6) is 0 Å². The number of ether oxygens (including phenoxy) is 1. The summed E-state index contributed by atoms with van der Waals surface area (Å²) in [6.45, 7) is 9.23. The Morgan fingerprint density at radius 2 is 2.31 bits per heavy atom. The molecular formula is C10H12N2O. The molecule has 0 aliphatic heterocycles. The Labute approximate surface area is 77.8 Å². The number of rotatable bonds is 3. The van der Waals surface area contributed by atoms with Gasteiger partial charge in [-0.1, -0.05) is 13.2 Å². The van der Waals surface area contributed by atoms with Crippen LogP contribution in [0.1, 0.15) is 17.1 Å². The van der Waals surface area contributed by atoms with Crippen molar-refractivity contribution in [3.63, 3.8) is 0 Å². The molecule has 0 aliphatic rings. The van der Waals surface area contributed by atoms with Crippen LogP contribution in [0, 0.1) is 6.92 Å². The van der Waals surface area contributed by atoms with Crippen molar-refractivity contribution in [3.8, 4) is 0 Å². The second-order valence-electron chi connectivity index (χ2n) is 2.58. The molecule has 3 heteroatoms. The van der Waals surface area contributed by atoms with Crippen molar-refractivity contribution in [3.05, 3.63) is 36.4 Å². The molecule has 3 nitrogen and oxygen atoms in total. The molecule has 0 amide bonds. The maximum atomic E-state index is 4.99. The molecule has 0 fully saturated rings. The monoisotopic (exact) mass is 176 g/mol. The first-order valence-corrected chi connectivity index (χ1v) is 3.88. The number of nitrogens with zero attached hydrogens (tertiary/aromatic N) is 2. The van der Waals surface area contributed by atoms with Crippen molar-refractivity contribution in [1.29, 1.82) is 0 Å². The van der Waals surface area contributed by atoms with E-state index < -0.39 is 0 Å². The Hall–Kier alpha value is -1.64. The van der Waals surface area contributed by atoms with Gasteiger partial charge in [-0.05, 0) is 13.0 Å². The van der Waals surface area contributed by atoms with Crippen LogP contribution in [-0.2, 0) is 4.74 Å². The lowest BCUT2D eigenvalue weighted by Gasteiger charge is -2.06. The van der Waals surface area contributed by atoms with Crippen molar-refractivity contribution >= 4 is 11.8 Å². The first-order valence-electron chi connectivity index (χ1n) is 3.88. The van der Waals surface area contributed by atoms with Gasteiger partial charge in [-0.3, -0.25) is 4.98 Å². The molecule has 0 spiro atoms. The molecule has 1 heterocycles. The van der Waals surface area contributed by atoms with Gasteiger partial charge < -0.3 is 4.74 Å². The van der Waals surface area contributed by atoms with E-state index in [1.54, 1.807) is 19.4 Å². The lowest BCUT2D eigenvalue weighted by Crippen LogP contribution is -1.98. The molecule has 0 bridgehead atoms. The molecular weight excluding hydrogens is 164 g/mol. The Bertz CT molecular complexity index is 345. The number of methoxy groups -OCH3 is 1. The summed E-state index contributed by atoms with van der Waals surface area (Å²) in [6.07, 6.45) is 3.31. The van der Waals surface area contributed by atoms with Crippen molar-refractivity contribution in [2.75, 3.05) is 7.11 Å². The average Bonchev–Trinajstić information content (AvgIpc) is 2.16. The molecule has 1 rings (SSSR count). The zero-order valence-electron chi connectivity index (χ0n) is 7.87. The standard InChI is InChI=1S/C10H12N2O/c1-5-9-10(8(3)13-4)12-7(2)6-11-9/h5-6H,1,3H2,2,4H3. The first kappa shape index (κ1) is 9.45. The fourth-order valence-electron chi connectivity index (χ4n) is 0.938. The van der Waals surface area contributed by atoms with Gasteiger partial charge in [0.05, 0.1) is 18.5 Å². The largest absolute Gasteiger partial charge is 0.495 e. The highest BCUT2D eigenvalue weighted by Gasteiger charge is 2.06. The van der Waals surface area contributed by atoms with E-state index in [-0.39, 0.29) is 0 Å². The second kappa shape index (κ2) is 3.85. The number of hydrogen-bond acceptors (Lipinski definition) is 3. The van der Waals surface area contributed by atoms with E-state index in [1.807, 2.05) is 6.92 Å². The van der Waals surface area contributed by atoms with Crippen molar-refractivity contribution in [2.24, 2.45) is 0 Å². The van der Waals surface area contributed by atoms with Crippen LogP contribution in [0.4, 0.5) is 0 Å². The fraction of sp³-hybridized carbons (Fsp3) is 0.200. The fourth-order valence-corrected chi connectivity index (χ4v) is 0.938. The Balaban J connectivity index is 3.23. The third kappa shape index (κ3) is 1.93. The molecule has 0 saturated heterocycles. The van der Waals surface area contributed by atoms with Crippen LogP contribution in [-0.4, -0.2) is 17.1 Å². The summed E-state index contributed by atoms with van der Waals surface area (Å²) >= 11 is 0. The Morgan fingerprint density at radius 3 is 2.85 bits per heavy atom. The third-order valence-electron chi connectivity index (χ3n) is 1.63. The zero-order valence-corrected chi connectivity index (χ0v) is 7.87. The van der Waals surface area contributed by atoms with Crippen LogP contribution in [0.15, 0.2) is 19.4 Å². The smallest absolute Gasteiger partial charge is 0.139 e. The maximum Gasteiger partial charge on any atom is 0.139 e. The SMILES string of the molecule is C=Cc1ncc(C)nc1C(=C)OC. The highest BCUT2D eigenvalue weighted by molar-refractivity contribution is 5.63. The summed E-state index contributed by atoms with van der Waals surface area (Å²) in [5.41, 5.74) is 2.17. The second-order valence-corrected chi connectivity index (χ2v) is 2.58. The van der Waals surface area contributed by atoms with Crippen LogP contribution in [0.2, 0.25) is 0 Å². The van der Waals surface area contributed by atoms with E-state index in [9.17, 15) is 0 Å². The van der Waals surface area contributed by atoms with Crippen molar-refractivity contribution in [2.45, 2.75) is 6.92 Å². The minimum atomic E-state index is 0.506. The molecule has 13 heavy (non-hydrogen) atoms. The molecule has 0 radical (unpaired) electrons. The van der Waals surface area contributed by atoms with Gasteiger partial charge in [-0.15, -0.1) is 0 Å². The maximum absolute atomic E-state index is 4.99. The summed E-state index contributed by atoms with van der Waals surface area (Å²) in [5, 5.41) is 0. The van der Waals surface area contributed by atoms with Crippen molar-refractivity contribution in [1.82, 2.24) is 9.97 Å². The molecule has 0 unspecified atom stereocenters. The van der Waals surface area contributed by atoms with Gasteiger partial charge in [0.1, 0.15) is 11.5 Å². The number of hydrogen-bond donors (Lipinski definition) is 0. The van der Waals surface area contributed by atoms with Gasteiger partial charge in [0.15, 0.2) is 0 Å².